The van der Waals surface area contributed by atoms with Crippen LogP contribution in [-0.4, -0.2) is 35.7 Å². The fourth-order valence-electron chi connectivity index (χ4n) is 4.40. The number of nitrogens with zero attached hydrogens (tertiary/aromatic N) is 2. The number of imide groups is 1. The van der Waals surface area contributed by atoms with Crippen LogP contribution in [0.15, 0.2) is 78.2 Å². The standard InChI is InChI=1S/C27H22N2O3S/c1-18-8-2-3-13-22(18)28(27(32)23-14-6-17-33-23)15-7-16-29-25(30)20-11-4-9-19-10-5-12-21(24(19)20)26(29)31/h2-6,8-14,17H,7,15-16H2,1H3. The molecule has 0 radical (unpaired) electrons. The summed E-state index contributed by atoms with van der Waals surface area (Å²) in [6.07, 6.45) is 0.473. The Labute approximate surface area is 195 Å². The number of para-hydroxylation sites is 1. The van der Waals surface area contributed by atoms with Crippen molar-refractivity contribution in [3.8, 4) is 0 Å². The molecule has 0 saturated carbocycles. The van der Waals surface area contributed by atoms with Crippen LogP contribution in [0.1, 0.15) is 42.4 Å². The summed E-state index contributed by atoms with van der Waals surface area (Å²) >= 11 is 1.40. The highest BCUT2D eigenvalue weighted by Crippen LogP contribution is 2.30. The van der Waals surface area contributed by atoms with Crippen LogP contribution in [0, 0.1) is 6.92 Å². The molecule has 3 amide bonds. The summed E-state index contributed by atoms with van der Waals surface area (Å²) in [5.41, 5.74) is 2.93. The fourth-order valence-corrected chi connectivity index (χ4v) is 5.07. The zero-order valence-electron chi connectivity index (χ0n) is 18.2. The summed E-state index contributed by atoms with van der Waals surface area (Å²) in [5.74, 6) is -0.640. The number of carbonyl (C=O) groups excluding carboxylic acids is 3. The van der Waals surface area contributed by atoms with Crippen molar-refractivity contribution in [1.82, 2.24) is 4.90 Å². The van der Waals surface area contributed by atoms with E-state index in [1.807, 2.05) is 73.0 Å². The molecule has 5 nitrogen and oxygen atoms in total. The molecule has 0 unspecified atom stereocenters. The highest BCUT2D eigenvalue weighted by molar-refractivity contribution is 7.12. The summed E-state index contributed by atoms with van der Waals surface area (Å²) in [6.45, 7) is 2.60. The van der Waals surface area contributed by atoms with Crippen LogP contribution < -0.4 is 4.90 Å². The predicted molar refractivity (Wildman–Crippen MR) is 131 cm³/mol. The minimum atomic E-state index is -0.281. The van der Waals surface area contributed by atoms with Gasteiger partial charge >= 0.3 is 0 Å². The molecule has 0 saturated heterocycles. The van der Waals surface area contributed by atoms with Crippen LogP contribution >= 0.6 is 11.3 Å². The molecular formula is C27H22N2O3S. The second-order valence-corrected chi connectivity index (χ2v) is 8.99. The van der Waals surface area contributed by atoms with E-state index in [9.17, 15) is 14.4 Å². The third-order valence-corrected chi connectivity index (χ3v) is 6.86. The molecule has 4 aromatic rings. The van der Waals surface area contributed by atoms with E-state index >= 15 is 0 Å². The Balaban J connectivity index is 1.39. The van der Waals surface area contributed by atoms with Crippen molar-refractivity contribution in [3.63, 3.8) is 0 Å². The van der Waals surface area contributed by atoms with Crippen molar-refractivity contribution in [2.24, 2.45) is 0 Å². The third kappa shape index (κ3) is 3.72. The smallest absolute Gasteiger partial charge is 0.268 e. The molecule has 0 atom stereocenters. The lowest BCUT2D eigenvalue weighted by molar-refractivity contribution is 0.0610. The Bertz CT molecular complexity index is 1330. The number of aryl methyl sites for hydroxylation is 1. The highest BCUT2D eigenvalue weighted by atomic mass is 32.1. The number of carbonyl (C=O) groups is 3. The molecule has 0 N–H and O–H groups in total. The van der Waals surface area contributed by atoms with Crippen molar-refractivity contribution in [2.75, 3.05) is 18.0 Å². The van der Waals surface area contributed by atoms with Gasteiger partial charge in [-0.15, -0.1) is 11.3 Å². The minimum absolute atomic E-state index is 0.0780. The normalized spacial score (nSPS) is 12.9. The molecule has 3 aromatic carbocycles. The maximum absolute atomic E-state index is 13.2. The van der Waals surface area contributed by atoms with Crippen LogP contribution in [-0.2, 0) is 0 Å². The van der Waals surface area contributed by atoms with E-state index in [4.69, 9.17) is 0 Å². The zero-order chi connectivity index (χ0) is 22.9. The van der Waals surface area contributed by atoms with Gasteiger partial charge in [0.25, 0.3) is 17.7 Å². The summed E-state index contributed by atoms with van der Waals surface area (Å²) in [5, 5.41) is 3.49. The minimum Gasteiger partial charge on any atom is -0.307 e. The molecule has 1 aliphatic rings. The van der Waals surface area contributed by atoms with Gasteiger partial charge in [-0.25, -0.2) is 0 Å². The molecule has 1 aliphatic heterocycles. The predicted octanol–water partition coefficient (Wildman–Crippen LogP) is 5.54. The van der Waals surface area contributed by atoms with Crippen molar-refractivity contribution in [1.29, 1.82) is 0 Å². The Morgan fingerprint density at radius 1 is 0.879 bits per heavy atom. The second-order valence-electron chi connectivity index (χ2n) is 8.05. The lowest BCUT2D eigenvalue weighted by atomic mass is 9.94. The lowest BCUT2D eigenvalue weighted by Gasteiger charge is -2.29. The molecule has 0 spiro atoms. The van der Waals surface area contributed by atoms with Crippen LogP contribution in [0.3, 0.4) is 0 Å². The van der Waals surface area contributed by atoms with Gasteiger partial charge in [0.1, 0.15) is 0 Å². The molecular weight excluding hydrogens is 432 g/mol. The van der Waals surface area contributed by atoms with Crippen LogP contribution in [0.4, 0.5) is 5.69 Å². The Morgan fingerprint density at radius 3 is 2.21 bits per heavy atom. The second kappa shape index (κ2) is 8.64. The van der Waals surface area contributed by atoms with E-state index in [-0.39, 0.29) is 24.3 Å². The first-order valence-electron chi connectivity index (χ1n) is 10.8. The van der Waals surface area contributed by atoms with Gasteiger partial charge in [0.2, 0.25) is 0 Å². The van der Waals surface area contributed by atoms with E-state index in [1.165, 1.54) is 16.2 Å². The first kappa shape index (κ1) is 21.1. The average Bonchev–Trinajstić information content (AvgIpc) is 3.37. The largest absolute Gasteiger partial charge is 0.307 e. The van der Waals surface area contributed by atoms with Crippen LogP contribution in [0.5, 0.6) is 0 Å². The molecule has 0 fully saturated rings. The number of hydrogen-bond acceptors (Lipinski definition) is 4. The van der Waals surface area contributed by atoms with E-state index < -0.39 is 0 Å². The first-order chi connectivity index (χ1) is 16.1. The molecule has 5 rings (SSSR count). The van der Waals surface area contributed by atoms with Gasteiger partial charge in [-0.2, -0.15) is 0 Å². The SMILES string of the molecule is Cc1ccccc1N(CCCN1C(=O)c2cccc3cccc(c23)C1=O)C(=O)c1cccs1. The monoisotopic (exact) mass is 454 g/mol. The topological polar surface area (TPSA) is 57.7 Å². The van der Waals surface area contributed by atoms with Crippen LogP contribution in [0.2, 0.25) is 0 Å². The van der Waals surface area contributed by atoms with Gasteiger partial charge in [-0.3, -0.25) is 19.3 Å². The maximum atomic E-state index is 13.2. The van der Waals surface area contributed by atoms with Gasteiger partial charge in [-0.1, -0.05) is 48.5 Å². The van der Waals surface area contributed by atoms with Crippen molar-refractivity contribution < 1.29 is 14.4 Å². The number of anilines is 1. The molecule has 0 bridgehead atoms. The van der Waals surface area contributed by atoms with Gasteiger partial charge in [0.05, 0.1) is 4.88 Å². The highest BCUT2D eigenvalue weighted by Gasteiger charge is 2.32. The van der Waals surface area contributed by atoms with Gasteiger partial charge in [-0.05, 0) is 53.9 Å². The van der Waals surface area contributed by atoms with Gasteiger partial charge in [0, 0.05) is 35.3 Å². The molecule has 1 aromatic heterocycles. The van der Waals surface area contributed by atoms with E-state index in [1.54, 1.807) is 17.0 Å². The van der Waals surface area contributed by atoms with Gasteiger partial charge in [0.15, 0.2) is 0 Å². The Morgan fingerprint density at radius 2 is 1.58 bits per heavy atom. The summed E-state index contributed by atoms with van der Waals surface area (Å²) < 4.78 is 0. The number of amides is 3. The van der Waals surface area contributed by atoms with Crippen molar-refractivity contribution >= 4 is 45.5 Å². The van der Waals surface area contributed by atoms with Gasteiger partial charge < -0.3 is 4.90 Å². The number of thiophene rings is 1. The third-order valence-electron chi connectivity index (χ3n) is 6.00. The number of rotatable bonds is 6. The fraction of sp³-hybridized carbons (Fsp3) is 0.148. The zero-order valence-corrected chi connectivity index (χ0v) is 19.0. The van der Waals surface area contributed by atoms with E-state index in [2.05, 4.69) is 0 Å². The van der Waals surface area contributed by atoms with Crippen LogP contribution in [0.25, 0.3) is 10.8 Å². The molecule has 2 heterocycles. The molecule has 0 aliphatic carbocycles. The van der Waals surface area contributed by atoms with E-state index in [0.29, 0.717) is 29.0 Å². The molecule has 164 valence electrons. The van der Waals surface area contributed by atoms with E-state index in [0.717, 1.165) is 22.0 Å². The quantitative estimate of drug-likeness (QED) is 0.359. The summed E-state index contributed by atoms with van der Waals surface area (Å²) in [4.78, 5) is 43.3. The maximum Gasteiger partial charge on any atom is 0.268 e. The average molecular weight is 455 g/mol. The first-order valence-corrected chi connectivity index (χ1v) is 11.7. The van der Waals surface area contributed by atoms with Crippen molar-refractivity contribution in [3.05, 3.63) is 99.7 Å². The lowest BCUT2D eigenvalue weighted by Crippen LogP contribution is -2.42. The number of hydrogen-bond donors (Lipinski definition) is 0. The summed E-state index contributed by atoms with van der Waals surface area (Å²) in [7, 11) is 0. The summed E-state index contributed by atoms with van der Waals surface area (Å²) in [6, 6.07) is 22.5. The molecule has 33 heavy (non-hydrogen) atoms. The van der Waals surface area contributed by atoms with Crippen molar-refractivity contribution in [2.45, 2.75) is 13.3 Å². The Kier molecular flexibility index (Phi) is 5.52. The molecule has 6 heteroatoms. The Hall–Kier alpha value is -3.77. The number of benzene rings is 3.